The highest BCUT2D eigenvalue weighted by molar-refractivity contribution is 5.85. The molecule has 2 rings (SSSR count). The molecule has 18 heavy (non-hydrogen) atoms. The van der Waals surface area contributed by atoms with E-state index >= 15 is 0 Å². The van der Waals surface area contributed by atoms with E-state index in [9.17, 15) is 4.79 Å². The molecule has 2 heterocycles. The van der Waals surface area contributed by atoms with Crippen LogP contribution < -0.4 is 5.73 Å². The fourth-order valence-electron chi connectivity index (χ4n) is 1.51. The average Bonchev–Trinajstić information content (AvgIpc) is 2.81. The van der Waals surface area contributed by atoms with Crippen LogP contribution in [-0.2, 0) is 10.2 Å². The van der Waals surface area contributed by atoms with Gasteiger partial charge in [-0.2, -0.15) is 0 Å². The fourth-order valence-corrected chi connectivity index (χ4v) is 1.51. The number of nitrogens with one attached hydrogen (secondary N) is 1. The van der Waals surface area contributed by atoms with Gasteiger partial charge in [0.05, 0.1) is 11.1 Å². The molecule has 2 aromatic heterocycles. The van der Waals surface area contributed by atoms with Crippen molar-refractivity contribution >= 4 is 5.91 Å². The Labute approximate surface area is 105 Å². The Morgan fingerprint density at radius 2 is 2.11 bits per heavy atom. The Balaban J connectivity index is 2.55. The van der Waals surface area contributed by atoms with Crippen LogP contribution >= 0.6 is 0 Å². The second-order valence-electron chi connectivity index (χ2n) is 4.65. The summed E-state index contributed by atoms with van der Waals surface area (Å²) in [5.74, 6) is 0.607. The molecule has 6 nitrogen and oxygen atoms in total. The van der Waals surface area contributed by atoms with E-state index in [2.05, 4.69) is 19.9 Å². The Morgan fingerprint density at radius 3 is 2.67 bits per heavy atom. The van der Waals surface area contributed by atoms with Crippen LogP contribution in [0.3, 0.4) is 0 Å². The number of H-pyrrole nitrogens is 1. The lowest BCUT2D eigenvalue weighted by atomic mass is 9.88. The number of carbonyl (C=O) groups is 1. The lowest BCUT2D eigenvalue weighted by Gasteiger charge is -2.20. The normalized spacial score (nSPS) is 11.5. The van der Waals surface area contributed by atoms with Crippen LogP contribution in [0.1, 0.15) is 25.2 Å². The highest BCUT2D eigenvalue weighted by Crippen LogP contribution is 2.23. The summed E-state index contributed by atoms with van der Waals surface area (Å²) in [5, 5.41) is 0. The number of aryl methyl sites for hydroxylation is 1. The predicted octanol–water partition coefficient (Wildman–Crippen LogP) is 0.938. The van der Waals surface area contributed by atoms with Crippen molar-refractivity contribution in [1.82, 2.24) is 19.9 Å². The number of aromatic nitrogens is 4. The second-order valence-corrected chi connectivity index (χ2v) is 4.65. The van der Waals surface area contributed by atoms with Crippen molar-refractivity contribution < 1.29 is 4.79 Å². The molecule has 0 aliphatic heterocycles. The van der Waals surface area contributed by atoms with E-state index in [1.807, 2.05) is 6.92 Å². The monoisotopic (exact) mass is 245 g/mol. The smallest absolute Gasteiger partial charge is 0.229 e. The van der Waals surface area contributed by atoms with Crippen molar-refractivity contribution in [3.05, 3.63) is 29.8 Å². The van der Waals surface area contributed by atoms with E-state index in [1.54, 1.807) is 32.3 Å². The number of amides is 1. The molecule has 0 unspecified atom stereocenters. The minimum atomic E-state index is -0.838. The van der Waals surface area contributed by atoms with Crippen molar-refractivity contribution in [3.8, 4) is 11.6 Å². The molecular formula is C12H15N5O. The molecule has 1 amide bonds. The number of imidazole rings is 1. The quantitative estimate of drug-likeness (QED) is 0.840. The van der Waals surface area contributed by atoms with Gasteiger partial charge >= 0.3 is 0 Å². The summed E-state index contributed by atoms with van der Waals surface area (Å²) >= 11 is 0. The first kappa shape index (κ1) is 12.2. The highest BCUT2D eigenvalue weighted by Gasteiger charge is 2.30. The topological polar surface area (TPSA) is 97.5 Å². The van der Waals surface area contributed by atoms with Crippen LogP contribution in [0.4, 0.5) is 0 Å². The van der Waals surface area contributed by atoms with E-state index < -0.39 is 11.3 Å². The van der Waals surface area contributed by atoms with Crippen molar-refractivity contribution in [1.29, 1.82) is 0 Å². The van der Waals surface area contributed by atoms with Gasteiger partial charge in [-0.1, -0.05) is 0 Å². The molecule has 94 valence electrons. The highest BCUT2D eigenvalue weighted by atomic mass is 16.1. The Bertz CT molecular complexity index is 574. The van der Waals surface area contributed by atoms with Gasteiger partial charge in [0.1, 0.15) is 0 Å². The van der Waals surface area contributed by atoms with Gasteiger partial charge in [-0.05, 0) is 26.8 Å². The molecule has 0 spiro atoms. The predicted molar refractivity (Wildman–Crippen MR) is 66.6 cm³/mol. The van der Waals surface area contributed by atoms with Crippen LogP contribution in [0.2, 0.25) is 0 Å². The van der Waals surface area contributed by atoms with Crippen molar-refractivity contribution in [2.24, 2.45) is 5.73 Å². The Hall–Kier alpha value is -2.24. The zero-order chi connectivity index (χ0) is 13.3. The fraction of sp³-hybridized carbons (Fsp3) is 0.333. The molecule has 0 bridgehead atoms. The zero-order valence-corrected chi connectivity index (χ0v) is 10.6. The summed E-state index contributed by atoms with van der Waals surface area (Å²) in [6.07, 6.45) is 3.32. The van der Waals surface area contributed by atoms with Gasteiger partial charge in [-0.25, -0.2) is 15.0 Å². The summed E-state index contributed by atoms with van der Waals surface area (Å²) in [5.41, 5.74) is 5.92. The number of primary amides is 1. The summed E-state index contributed by atoms with van der Waals surface area (Å²) in [7, 11) is 0. The first-order valence-corrected chi connectivity index (χ1v) is 5.57. The maximum absolute atomic E-state index is 11.5. The zero-order valence-electron chi connectivity index (χ0n) is 10.6. The summed E-state index contributed by atoms with van der Waals surface area (Å²) < 4.78 is 0. The largest absolute Gasteiger partial charge is 0.369 e. The van der Waals surface area contributed by atoms with E-state index in [0.717, 1.165) is 5.69 Å². The number of rotatable bonds is 3. The van der Waals surface area contributed by atoms with E-state index in [0.29, 0.717) is 17.3 Å². The molecular weight excluding hydrogens is 230 g/mol. The third kappa shape index (κ3) is 2.09. The van der Waals surface area contributed by atoms with E-state index in [1.165, 1.54) is 0 Å². The maximum atomic E-state index is 11.5. The van der Waals surface area contributed by atoms with E-state index in [4.69, 9.17) is 5.73 Å². The van der Waals surface area contributed by atoms with Crippen molar-refractivity contribution in [2.75, 3.05) is 0 Å². The number of hydrogen-bond donors (Lipinski definition) is 2. The standard InChI is InChI=1S/C12H15N5O/c1-7-6-8(12(2,3)11(13)18)17-10(16-7)9-14-4-5-15-9/h4-6H,1-3H3,(H2,13,18)(H,14,15). The lowest BCUT2D eigenvalue weighted by Crippen LogP contribution is -2.36. The van der Waals surface area contributed by atoms with Gasteiger partial charge < -0.3 is 10.7 Å². The van der Waals surface area contributed by atoms with Crippen LogP contribution in [0.25, 0.3) is 11.6 Å². The molecule has 0 aliphatic carbocycles. The van der Waals surface area contributed by atoms with Gasteiger partial charge in [-0.3, -0.25) is 4.79 Å². The number of aromatic amines is 1. The Kier molecular flexibility index (Phi) is 2.86. The molecule has 0 aromatic carbocycles. The van der Waals surface area contributed by atoms with Crippen LogP contribution in [0.15, 0.2) is 18.5 Å². The summed E-state index contributed by atoms with van der Waals surface area (Å²) in [4.78, 5) is 27.2. The third-order valence-electron chi connectivity index (χ3n) is 2.82. The third-order valence-corrected chi connectivity index (χ3v) is 2.82. The lowest BCUT2D eigenvalue weighted by molar-refractivity contribution is -0.122. The minimum Gasteiger partial charge on any atom is -0.369 e. The minimum absolute atomic E-state index is 0.425. The molecule has 0 saturated carbocycles. The molecule has 6 heteroatoms. The molecule has 0 aliphatic rings. The molecule has 2 aromatic rings. The number of nitrogens with zero attached hydrogens (tertiary/aromatic N) is 3. The van der Waals surface area contributed by atoms with Gasteiger partial charge in [0, 0.05) is 18.1 Å². The summed E-state index contributed by atoms with van der Waals surface area (Å²) in [6.45, 7) is 5.32. The van der Waals surface area contributed by atoms with Crippen molar-refractivity contribution in [2.45, 2.75) is 26.2 Å². The average molecular weight is 245 g/mol. The first-order valence-electron chi connectivity index (χ1n) is 5.57. The number of carbonyl (C=O) groups excluding carboxylic acids is 1. The Morgan fingerprint density at radius 1 is 1.39 bits per heavy atom. The van der Waals surface area contributed by atoms with Gasteiger partial charge in [0.2, 0.25) is 5.91 Å². The van der Waals surface area contributed by atoms with Gasteiger partial charge in [0.25, 0.3) is 0 Å². The van der Waals surface area contributed by atoms with Crippen molar-refractivity contribution in [3.63, 3.8) is 0 Å². The van der Waals surface area contributed by atoms with Crippen LogP contribution in [0, 0.1) is 6.92 Å². The van der Waals surface area contributed by atoms with Gasteiger partial charge in [0.15, 0.2) is 11.6 Å². The summed E-state index contributed by atoms with van der Waals surface area (Å²) in [6, 6.07) is 1.76. The first-order chi connectivity index (χ1) is 8.41. The van der Waals surface area contributed by atoms with Gasteiger partial charge in [-0.15, -0.1) is 0 Å². The maximum Gasteiger partial charge on any atom is 0.229 e. The molecule has 0 atom stereocenters. The van der Waals surface area contributed by atoms with Crippen LogP contribution in [-0.4, -0.2) is 25.8 Å². The number of nitrogens with two attached hydrogens (primary N) is 1. The SMILES string of the molecule is Cc1cc(C(C)(C)C(N)=O)nc(-c2ncc[nH]2)n1. The second kappa shape index (κ2) is 4.21. The molecule has 3 N–H and O–H groups in total. The number of hydrogen-bond acceptors (Lipinski definition) is 4. The molecule has 0 radical (unpaired) electrons. The van der Waals surface area contributed by atoms with Crippen LogP contribution in [0.5, 0.6) is 0 Å². The molecule has 0 fully saturated rings. The molecule has 0 saturated heterocycles. The van der Waals surface area contributed by atoms with E-state index in [-0.39, 0.29) is 0 Å².